The zero-order valence-electron chi connectivity index (χ0n) is 19.0. The Bertz CT molecular complexity index is 877. The molecular formula is C22H32N3O6S+. The molecule has 0 aromatic carbocycles. The minimum absolute atomic E-state index is 0.0531. The number of amides is 4. The maximum absolute atomic E-state index is 13.7. The van der Waals surface area contributed by atoms with Crippen molar-refractivity contribution in [3.8, 4) is 0 Å². The first-order valence-electron chi connectivity index (χ1n) is 11.1. The van der Waals surface area contributed by atoms with Crippen LogP contribution in [0.25, 0.3) is 0 Å². The van der Waals surface area contributed by atoms with E-state index in [2.05, 4.69) is 10.6 Å². The third kappa shape index (κ3) is 4.87. The monoisotopic (exact) mass is 466 g/mol. The van der Waals surface area contributed by atoms with Crippen molar-refractivity contribution in [2.24, 2.45) is 5.92 Å². The highest BCUT2D eigenvalue weighted by atomic mass is 32.1. The molecule has 1 aromatic heterocycles. The predicted octanol–water partition coefficient (Wildman–Crippen LogP) is 2.34. The zero-order valence-corrected chi connectivity index (χ0v) is 19.8. The molecule has 2 fully saturated rings. The van der Waals surface area contributed by atoms with Crippen LogP contribution in [0.15, 0.2) is 11.4 Å². The number of carbonyl (C=O) groups is 4. The summed E-state index contributed by atoms with van der Waals surface area (Å²) in [5, 5.41) is 7.42. The highest BCUT2D eigenvalue weighted by Crippen LogP contribution is 2.26. The molecule has 0 spiro atoms. The van der Waals surface area contributed by atoms with Gasteiger partial charge in [0.1, 0.15) is 12.1 Å². The second-order valence-electron chi connectivity index (χ2n) is 8.65. The Morgan fingerprint density at radius 3 is 2.53 bits per heavy atom. The zero-order chi connectivity index (χ0) is 23.5. The number of urea groups is 1. The Balaban J connectivity index is 1.80. The number of carbonyl (C=O) groups excluding carboxylic acids is 4. The molecule has 0 unspecified atom stereocenters. The van der Waals surface area contributed by atoms with E-state index in [1.165, 1.54) is 11.3 Å². The number of thiophene rings is 1. The van der Waals surface area contributed by atoms with Crippen LogP contribution in [0.3, 0.4) is 0 Å². The number of nitrogens with one attached hydrogen (secondary N) is 2. The highest BCUT2D eigenvalue weighted by Gasteiger charge is 2.53. The van der Waals surface area contributed by atoms with E-state index in [1.807, 2.05) is 32.2 Å². The summed E-state index contributed by atoms with van der Waals surface area (Å²) in [6, 6.07) is 0.497. The number of rotatable bonds is 7. The maximum atomic E-state index is 13.7. The highest BCUT2D eigenvalue weighted by molar-refractivity contribution is 7.12. The van der Waals surface area contributed by atoms with Gasteiger partial charge in [0.05, 0.1) is 24.4 Å². The fourth-order valence-corrected chi connectivity index (χ4v) is 5.08. The molecule has 2 saturated heterocycles. The number of cyclic esters (lactones) is 1. The molecule has 10 heteroatoms. The van der Waals surface area contributed by atoms with E-state index >= 15 is 0 Å². The van der Waals surface area contributed by atoms with Gasteiger partial charge in [0.2, 0.25) is 6.23 Å². The molecule has 3 atom stereocenters. The number of esters is 1. The molecule has 0 radical (unpaired) electrons. The van der Waals surface area contributed by atoms with E-state index in [9.17, 15) is 19.2 Å². The number of aryl methyl sites for hydroxylation is 1. The van der Waals surface area contributed by atoms with E-state index < -0.39 is 34.9 Å². The fourth-order valence-electron chi connectivity index (χ4n) is 4.26. The molecule has 3 rings (SSSR count). The molecule has 1 aromatic rings. The first kappa shape index (κ1) is 24.3. The molecule has 2 aliphatic heterocycles. The summed E-state index contributed by atoms with van der Waals surface area (Å²) in [6.45, 7) is 8.37. The molecular weight excluding hydrogens is 434 g/mol. The normalized spacial score (nSPS) is 23.1. The van der Waals surface area contributed by atoms with E-state index in [4.69, 9.17) is 9.47 Å². The fraction of sp³-hybridized carbons (Fsp3) is 0.636. The van der Waals surface area contributed by atoms with Crippen molar-refractivity contribution in [3.63, 3.8) is 0 Å². The lowest BCUT2D eigenvalue weighted by molar-refractivity contribution is -0.761. The Kier molecular flexibility index (Phi) is 7.68. The van der Waals surface area contributed by atoms with Crippen LogP contribution >= 0.6 is 11.3 Å². The van der Waals surface area contributed by atoms with Crippen LogP contribution in [0.1, 0.15) is 55.3 Å². The molecule has 2 aliphatic rings. The van der Waals surface area contributed by atoms with Gasteiger partial charge >= 0.3 is 17.9 Å². The molecule has 0 saturated carbocycles. The lowest BCUT2D eigenvalue weighted by atomic mass is 10.0. The number of hydrogen-bond acceptors (Lipinski definition) is 7. The number of nitrogens with zero attached hydrogens (tertiary/aromatic N) is 1. The standard InChI is InChI=1S/C22H31N3O6S/c1-5-30-15-12-16(26)31-20(15)24-22(29)25(9-6-7-10-25)21(28)17(13(2)3)23-19(27)18-14(4)8-11-32-18/h8,11,13,15,17,20H,5-7,9-10,12H2,1-4H3,(H-,23,24,27,29)/p+1/t15-,17-,20+/m0/s1. The van der Waals surface area contributed by atoms with Gasteiger partial charge in [0, 0.05) is 19.4 Å². The van der Waals surface area contributed by atoms with E-state index in [1.54, 1.807) is 6.92 Å². The molecule has 3 heterocycles. The van der Waals surface area contributed by atoms with E-state index in [0.29, 0.717) is 37.4 Å². The van der Waals surface area contributed by atoms with Gasteiger partial charge in [-0.15, -0.1) is 11.3 Å². The quantitative estimate of drug-likeness (QED) is 0.471. The molecule has 9 nitrogen and oxygen atoms in total. The van der Waals surface area contributed by atoms with Gasteiger partial charge in [-0.05, 0) is 36.8 Å². The largest absolute Gasteiger partial charge is 0.439 e. The molecule has 176 valence electrons. The van der Waals surface area contributed by atoms with Gasteiger partial charge < -0.3 is 14.8 Å². The van der Waals surface area contributed by atoms with Crippen LogP contribution < -0.4 is 10.6 Å². The van der Waals surface area contributed by atoms with Gasteiger partial charge in [-0.3, -0.25) is 14.9 Å². The van der Waals surface area contributed by atoms with Gasteiger partial charge in [-0.2, -0.15) is 4.48 Å². The van der Waals surface area contributed by atoms with Crippen molar-refractivity contribution in [1.82, 2.24) is 10.6 Å². The van der Waals surface area contributed by atoms with Crippen molar-refractivity contribution in [2.75, 3.05) is 19.7 Å². The second-order valence-corrected chi connectivity index (χ2v) is 9.56. The predicted molar refractivity (Wildman–Crippen MR) is 118 cm³/mol. The number of likely N-dealkylation sites (tertiary alicyclic amines) is 1. The van der Waals surface area contributed by atoms with Crippen molar-refractivity contribution in [3.05, 3.63) is 21.9 Å². The molecule has 0 bridgehead atoms. The minimum atomic E-state index is -0.931. The van der Waals surface area contributed by atoms with Gasteiger partial charge in [0.25, 0.3) is 5.91 Å². The molecule has 4 amide bonds. The SMILES string of the molecule is CCO[C@H]1CC(=O)O[C@H]1NC(=O)[N+]1(C(=O)[C@@H](NC(=O)c2sccc2C)C(C)C)CCCC1. The van der Waals surface area contributed by atoms with Gasteiger partial charge in [-0.1, -0.05) is 13.8 Å². The molecule has 0 aliphatic carbocycles. The molecule has 2 N–H and O–H groups in total. The van der Waals surface area contributed by atoms with Crippen LogP contribution in [0.5, 0.6) is 0 Å². The number of hydrogen-bond donors (Lipinski definition) is 2. The second kappa shape index (κ2) is 10.1. The Morgan fingerprint density at radius 1 is 1.28 bits per heavy atom. The van der Waals surface area contributed by atoms with Crippen LogP contribution in [0.4, 0.5) is 4.79 Å². The summed E-state index contributed by atoms with van der Waals surface area (Å²) in [7, 11) is 0. The topological polar surface area (TPSA) is 111 Å². The summed E-state index contributed by atoms with van der Waals surface area (Å²) in [4.78, 5) is 52.3. The average molecular weight is 467 g/mol. The first-order chi connectivity index (χ1) is 15.2. The maximum Gasteiger partial charge on any atom is 0.427 e. The van der Waals surface area contributed by atoms with Crippen molar-refractivity contribution in [2.45, 2.75) is 65.3 Å². The number of quaternary nitrogens is 1. The van der Waals surface area contributed by atoms with Crippen molar-refractivity contribution in [1.29, 1.82) is 0 Å². The summed E-state index contributed by atoms with van der Waals surface area (Å²) in [5.74, 6) is -1.33. The van der Waals surface area contributed by atoms with Crippen LogP contribution in [-0.4, -0.2) is 66.4 Å². The Hall–Kier alpha value is -2.30. The number of ether oxygens (including phenoxy) is 2. The summed E-state index contributed by atoms with van der Waals surface area (Å²) in [6.07, 6.45) is -0.0454. The lowest BCUT2D eigenvalue weighted by Gasteiger charge is -2.34. The Morgan fingerprint density at radius 2 is 1.97 bits per heavy atom. The van der Waals surface area contributed by atoms with E-state index in [-0.39, 0.29) is 24.2 Å². The lowest BCUT2D eigenvalue weighted by Crippen LogP contribution is -2.67. The van der Waals surface area contributed by atoms with Gasteiger partial charge in [0.15, 0.2) is 0 Å². The van der Waals surface area contributed by atoms with Gasteiger partial charge in [-0.25, -0.2) is 9.59 Å². The van der Waals surface area contributed by atoms with Crippen LogP contribution in [0.2, 0.25) is 0 Å². The smallest absolute Gasteiger partial charge is 0.427 e. The van der Waals surface area contributed by atoms with Crippen molar-refractivity contribution >= 4 is 35.2 Å². The first-order valence-corrected chi connectivity index (χ1v) is 12.0. The third-order valence-corrected chi connectivity index (χ3v) is 7.05. The van der Waals surface area contributed by atoms with Crippen LogP contribution in [0, 0.1) is 12.8 Å². The van der Waals surface area contributed by atoms with Crippen LogP contribution in [-0.2, 0) is 19.1 Å². The summed E-state index contributed by atoms with van der Waals surface area (Å²) >= 11 is 1.32. The van der Waals surface area contributed by atoms with E-state index in [0.717, 1.165) is 5.56 Å². The summed E-state index contributed by atoms with van der Waals surface area (Å²) in [5.41, 5.74) is 0.843. The average Bonchev–Trinajstić information content (AvgIpc) is 3.46. The Labute approximate surface area is 192 Å². The third-order valence-electron chi connectivity index (χ3n) is 6.04. The minimum Gasteiger partial charge on any atom is -0.439 e. The number of imide groups is 1. The molecule has 32 heavy (non-hydrogen) atoms. The summed E-state index contributed by atoms with van der Waals surface area (Å²) < 4.78 is 10.3. The van der Waals surface area contributed by atoms with Crippen molar-refractivity contribution < 1.29 is 33.1 Å².